The van der Waals surface area contributed by atoms with Crippen molar-refractivity contribution in [2.75, 3.05) is 18.4 Å². The highest BCUT2D eigenvalue weighted by atomic mass is 35.5. The number of sulfonamides is 1. The monoisotopic (exact) mass is 425 g/mol. The minimum Gasteiger partial charge on any atom is -0.336 e. The molecule has 3 rings (SSSR count). The lowest BCUT2D eigenvalue weighted by Crippen LogP contribution is -2.49. The maximum Gasteiger partial charge on any atom is 0.319 e. The number of amides is 2. The predicted octanol–water partition coefficient (Wildman–Crippen LogP) is 3.84. The van der Waals surface area contributed by atoms with Gasteiger partial charge in [0.05, 0.1) is 5.02 Å². The minimum atomic E-state index is -3.98. The number of benzene rings is 2. The summed E-state index contributed by atoms with van der Waals surface area (Å²) in [6, 6.07) is 11.4. The van der Waals surface area contributed by atoms with Gasteiger partial charge in [0.15, 0.2) is 0 Å². The lowest BCUT2D eigenvalue weighted by molar-refractivity contribution is 0.231. The van der Waals surface area contributed by atoms with Gasteiger partial charge in [0.2, 0.25) is 10.0 Å². The summed E-state index contributed by atoms with van der Waals surface area (Å²) in [4.78, 5) is 11.9. The third-order valence-electron chi connectivity index (χ3n) is 4.58. The van der Waals surface area contributed by atoms with Gasteiger partial charge in [-0.1, -0.05) is 36.2 Å². The number of nitrogens with one attached hydrogen (secondary N) is 2. The summed E-state index contributed by atoms with van der Waals surface area (Å²) in [7, 11) is -3.98. The van der Waals surface area contributed by atoms with Crippen molar-refractivity contribution in [1.29, 1.82) is 0 Å². The van der Waals surface area contributed by atoms with Crippen molar-refractivity contribution in [3.8, 4) is 0 Å². The van der Waals surface area contributed by atoms with Crippen LogP contribution < -0.4 is 10.6 Å². The quantitative estimate of drug-likeness (QED) is 0.763. The van der Waals surface area contributed by atoms with Gasteiger partial charge in [-0.2, -0.15) is 4.31 Å². The van der Waals surface area contributed by atoms with Crippen LogP contribution in [0.5, 0.6) is 0 Å². The van der Waals surface area contributed by atoms with Crippen molar-refractivity contribution in [3.63, 3.8) is 0 Å². The molecule has 1 unspecified atom stereocenters. The van der Waals surface area contributed by atoms with Crippen molar-refractivity contribution in [1.82, 2.24) is 9.62 Å². The molecule has 2 N–H and O–H groups in total. The summed E-state index contributed by atoms with van der Waals surface area (Å²) < 4.78 is 41.0. The van der Waals surface area contributed by atoms with Gasteiger partial charge >= 0.3 is 6.03 Å². The molecular formula is C19H21ClFN3O3S. The van der Waals surface area contributed by atoms with Crippen LogP contribution in [0.3, 0.4) is 0 Å². The lowest BCUT2D eigenvalue weighted by atomic mass is 10.1. The van der Waals surface area contributed by atoms with Crippen molar-refractivity contribution >= 4 is 33.3 Å². The van der Waals surface area contributed by atoms with Crippen molar-refractivity contribution in [2.45, 2.75) is 30.2 Å². The summed E-state index contributed by atoms with van der Waals surface area (Å²) in [6.07, 6.45) is 2.13. The second kappa shape index (κ2) is 8.89. The van der Waals surface area contributed by atoms with Crippen LogP contribution in [-0.2, 0) is 10.0 Å². The Kier molecular flexibility index (Phi) is 6.53. The lowest BCUT2D eigenvalue weighted by Gasteiger charge is -2.35. The highest BCUT2D eigenvalue weighted by Crippen LogP contribution is 2.30. The first-order chi connectivity index (χ1) is 13.4. The average molecular weight is 426 g/mol. The Morgan fingerprint density at radius 3 is 2.68 bits per heavy atom. The van der Waals surface area contributed by atoms with Gasteiger partial charge in [0.1, 0.15) is 10.7 Å². The van der Waals surface area contributed by atoms with E-state index in [4.69, 9.17) is 11.6 Å². The van der Waals surface area contributed by atoms with Crippen molar-refractivity contribution in [3.05, 3.63) is 59.4 Å². The van der Waals surface area contributed by atoms with Gasteiger partial charge in [0, 0.05) is 24.8 Å². The van der Waals surface area contributed by atoms with E-state index in [1.807, 2.05) is 6.07 Å². The zero-order chi connectivity index (χ0) is 20.1. The summed E-state index contributed by atoms with van der Waals surface area (Å²) >= 11 is 6.01. The molecular weight excluding hydrogens is 405 g/mol. The molecule has 1 atom stereocenters. The number of rotatable bonds is 5. The Morgan fingerprint density at radius 1 is 1.18 bits per heavy atom. The second-order valence-electron chi connectivity index (χ2n) is 6.54. The molecule has 150 valence electrons. The molecule has 1 saturated heterocycles. The standard InChI is InChI=1S/C19H21ClFN3O3S/c20-17-10-9-14(21)12-18(17)28(26,27)24-11-5-4-8-16(24)13-22-19(25)23-15-6-2-1-3-7-15/h1-3,6-7,9-10,12,16H,4-5,8,11,13H2,(H2,22,23,25). The van der Waals surface area contributed by atoms with E-state index in [9.17, 15) is 17.6 Å². The van der Waals surface area contributed by atoms with E-state index in [1.165, 1.54) is 10.4 Å². The fourth-order valence-electron chi connectivity index (χ4n) is 3.20. The molecule has 0 aliphatic carbocycles. The van der Waals surface area contributed by atoms with Crippen LogP contribution in [0.15, 0.2) is 53.4 Å². The fraction of sp³-hybridized carbons (Fsp3) is 0.316. The van der Waals surface area contributed by atoms with Crippen LogP contribution in [0, 0.1) is 5.82 Å². The highest BCUT2D eigenvalue weighted by Gasteiger charge is 2.35. The first-order valence-electron chi connectivity index (χ1n) is 8.95. The Bertz CT molecular complexity index is 941. The first-order valence-corrected chi connectivity index (χ1v) is 10.8. The minimum absolute atomic E-state index is 0.0273. The third-order valence-corrected chi connectivity index (χ3v) is 7.02. The van der Waals surface area contributed by atoms with E-state index in [-0.39, 0.29) is 16.5 Å². The number of hydrogen-bond donors (Lipinski definition) is 2. The van der Waals surface area contributed by atoms with Gasteiger partial charge < -0.3 is 10.6 Å². The number of nitrogens with zero attached hydrogens (tertiary/aromatic N) is 1. The molecule has 0 radical (unpaired) electrons. The smallest absolute Gasteiger partial charge is 0.319 e. The molecule has 2 aromatic rings. The number of para-hydroxylation sites is 1. The third kappa shape index (κ3) is 4.81. The van der Waals surface area contributed by atoms with Gasteiger partial charge in [-0.25, -0.2) is 17.6 Å². The molecule has 0 spiro atoms. The van der Waals surface area contributed by atoms with Gasteiger partial charge in [-0.05, 0) is 43.2 Å². The number of carbonyl (C=O) groups excluding carboxylic acids is 1. The normalized spacial score (nSPS) is 17.9. The van der Waals surface area contributed by atoms with E-state index in [1.54, 1.807) is 24.3 Å². The number of anilines is 1. The predicted molar refractivity (Wildman–Crippen MR) is 106 cm³/mol. The molecule has 28 heavy (non-hydrogen) atoms. The highest BCUT2D eigenvalue weighted by molar-refractivity contribution is 7.89. The topological polar surface area (TPSA) is 78.5 Å². The molecule has 0 bridgehead atoms. The molecule has 2 amide bonds. The molecule has 0 aromatic heterocycles. The fourth-order valence-corrected chi connectivity index (χ4v) is 5.38. The molecule has 9 heteroatoms. The maximum atomic E-state index is 13.6. The number of urea groups is 1. The number of halogens is 2. The van der Waals surface area contributed by atoms with Crippen molar-refractivity contribution < 1.29 is 17.6 Å². The molecule has 1 fully saturated rings. The van der Waals surface area contributed by atoms with E-state index >= 15 is 0 Å². The number of piperidine rings is 1. The molecule has 0 saturated carbocycles. The SMILES string of the molecule is O=C(NCC1CCCCN1S(=O)(=O)c1cc(F)ccc1Cl)Nc1ccccc1. The van der Waals surface area contributed by atoms with Gasteiger partial charge in [-0.15, -0.1) is 0 Å². The van der Waals surface area contributed by atoms with Crippen LogP contribution in [0.2, 0.25) is 5.02 Å². The Balaban J connectivity index is 1.71. The van der Waals surface area contributed by atoms with E-state index in [0.29, 0.717) is 25.1 Å². The van der Waals surface area contributed by atoms with Crippen LogP contribution in [-0.4, -0.2) is 37.9 Å². The van der Waals surface area contributed by atoms with E-state index in [2.05, 4.69) is 10.6 Å². The molecule has 1 aliphatic heterocycles. The number of hydrogen-bond acceptors (Lipinski definition) is 3. The summed E-state index contributed by atoms with van der Waals surface area (Å²) in [5, 5.41) is 5.38. The van der Waals surface area contributed by atoms with Gasteiger partial charge in [-0.3, -0.25) is 0 Å². The van der Waals surface area contributed by atoms with Gasteiger partial charge in [0.25, 0.3) is 0 Å². The summed E-state index contributed by atoms with van der Waals surface area (Å²) in [5.41, 5.74) is 0.639. The Hall–Kier alpha value is -2.16. The summed E-state index contributed by atoms with van der Waals surface area (Å²) in [6.45, 7) is 0.437. The summed E-state index contributed by atoms with van der Waals surface area (Å²) in [5.74, 6) is -0.670. The molecule has 2 aromatic carbocycles. The first kappa shape index (κ1) is 20.6. The zero-order valence-corrected chi connectivity index (χ0v) is 16.6. The Morgan fingerprint density at radius 2 is 1.93 bits per heavy atom. The van der Waals surface area contributed by atoms with E-state index < -0.39 is 27.9 Å². The number of carbonyl (C=O) groups is 1. The van der Waals surface area contributed by atoms with Crippen LogP contribution in [0.1, 0.15) is 19.3 Å². The van der Waals surface area contributed by atoms with Crippen LogP contribution >= 0.6 is 11.6 Å². The zero-order valence-electron chi connectivity index (χ0n) is 15.1. The molecule has 1 heterocycles. The average Bonchev–Trinajstić information content (AvgIpc) is 2.69. The van der Waals surface area contributed by atoms with Crippen LogP contribution in [0.25, 0.3) is 0 Å². The largest absolute Gasteiger partial charge is 0.336 e. The van der Waals surface area contributed by atoms with E-state index in [0.717, 1.165) is 18.6 Å². The van der Waals surface area contributed by atoms with Crippen LogP contribution in [0.4, 0.5) is 14.9 Å². The Labute approximate surface area is 168 Å². The van der Waals surface area contributed by atoms with Crippen molar-refractivity contribution in [2.24, 2.45) is 0 Å². The second-order valence-corrected chi connectivity index (χ2v) is 8.81. The molecule has 1 aliphatic rings. The maximum absolute atomic E-state index is 13.6. The molecule has 6 nitrogen and oxygen atoms in total.